The topological polar surface area (TPSA) is 87.9 Å². The van der Waals surface area contributed by atoms with Gasteiger partial charge in [0, 0.05) is 20.1 Å². The normalized spacial score (nSPS) is 10.5. The van der Waals surface area contributed by atoms with E-state index in [-0.39, 0.29) is 5.91 Å². The molecule has 0 atom stereocenters. The van der Waals surface area contributed by atoms with Crippen molar-refractivity contribution >= 4 is 11.6 Å². The maximum Gasteiger partial charge on any atom is 0.274 e. The summed E-state index contributed by atoms with van der Waals surface area (Å²) >= 11 is 0. The number of aryl methyl sites for hydroxylation is 2. The van der Waals surface area contributed by atoms with Gasteiger partial charge in [0.25, 0.3) is 5.91 Å². The molecule has 0 aliphatic rings. The van der Waals surface area contributed by atoms with Crippen molar-refractivity contribution in [2.45, 2.75) is 27.2 Å². The van der Waals surface area contributed by atoms with E-state index in [1.165, 1.54) is 4.68 Å². The van der Waals surface area contributed by atoms with Gasteiger partial charge < -0.3 is 10.6 Å². The summed E-state index contributed by atoms with van der Waals surface area (Å²) in [5.41, 5.74) is 7.37. The van der Waals surface area contributed by atoms with E-state index in [1.807, 2.05) is 13.8 Å². The Balaban J connectivity index is 3.01. The quantitative estimate of drug-likeness (QED) is 0.867. The molecular formula is C13H21N5O. The van der Waals surface area contributed by atoms with Gasteiger partial charge in [0.15, 0.2) is 0 Å². The van der Waals surface area contributed by atoms with E-state index in [2.05, 4.69) is 11.2 Å². The van der Waals surface area contributed by atoms with Crippen LogP contribution in [0.15, 0.2) is 0 Å². The zero-order valence-corrected chi connectivity index (χ0v) is 12.0. The Morgan fingerprint density at radius 1 is 1.58 bits per heavy atom. The summed E-state index contributed by atoms with van der Waals surface area (Å²) in [5.74, 6) is 0.169. The van der Waals surface area contributed by atoms with E-state index >= 15 is 0 Å². The van der Waals surface area contributed by atoms with E-state index in [4.69, 9.17) is 11.0 Å². The largest absolute Gasteiger partial charge is 0.395 e. The second kappa shape index (κ2) is 6.23. The number of anilines is 1. The van der Waals surface area contributed by atoms with E-state index in [0.29, 0.717) is 42.5 Å². The van der Waals surface area contributed by atoms with Crippen LogP contribution in [-0.2, 0) is 7.05 Å². The smallest absolute Gasteiger partial charge is 0.274 e. The SMILES string of the molecule is Cc1nn(C)c(C(=O)N(CCC#N)CC(C)C)c1N. The van der Waals surface area contributed by atoms with Crippen LogP contribution in [0, 0.1) is 24.2 Å². The van der Waals surface area contributed by atoms with Gasteiger partial charge in [0.2, 0.25) is 0 Å². The summed E-state index contributed by atoms with van der Waals surface area (Å²) in [4.78, 5) is 14.2. The number of hydrogen-bond acceptors (Lipinski definition) is 4. The third-order valence-electron chi connectivity index (χ3n) is 2.84. The fraction of sp³-hybridized carbons (Fsp3) is 0.615. The van der Waals surface area contributed by atoms with E-state index < -0.39 is 0 Å². The summed E-state index contributed by atoms with van der Waals surface area (Å²) in [6.45, 7) is 6.85. The van der Waals surface area contributed by atoms with Crippen LogP contribution in [0.4, 0.5) is 5.69 Å². The van der Waals surface area contributed by atoms with Crippen LogP contribution in [0.2, 0.25) is 0 Å². The summed E-state index contributed by atoms with van der Waals surface area (Å²) in [6.07, 6.45) is 0.315. The van der Waals surface area contributed by atoms with Crippen molar-refractivity contribution in [3.63, 3.8) is 0 Å². The van der Waals surface area contributed by atoms with Gasteiger partial charge in [-0.2, -0.15) is 10.4 Å². The predicted octanol–water partition coefficient (Wildman–Crippen LogP) is 1.32. The Morgan fingerprint density at radius 3 is 2.63 bits per heavy atom. The van der Waals surface area contributed by atoms with Gasteiger partial charge in [0.05, 0.1) is 23.9 Å². The zero-order chi connectivity index (χ0) is 14.6. The maximum absolute atomic E-state index is 12.5. The van der Waals surface area contributed by atoms with Crippen molar-refractivity contribution in [3.05, 3.63) is 11.4 Å². The number of hydrogen-bond donors (Lipinski definition) is 1. The molecule has 6 heteroatoms. The molecule has 0 radical (unpaired) electrons. The summed E-state index contributed by atoms with van der Waals surface area (Å²) < 4.78 is 1.51. The van der Waals surface area contributed by atoms with Crippen molar-refractivity contribution in [1.29, 1.82) is 5.26 Å². The third-order valence-corrected chi connectivity index (χ3v) is 2.84. The molecule has 1 rings (SSSR count). The number of nitriles is 1. The Labute approximate surface area is 113 Å². The van der Waals surface area contributed by atoms with Crippen molar-refractivity contribution in [2.24, 2.45) is 13.0 Å². The van der Waals surface area contributed by atoms with Gasteiger partial charge in [-0.1, -0.05) is 13.8 Å². The molecule has 0 saturated heterocycles. The second-order valence-corrected chi connectivity index (χ2v) is 5.02. The summed E-state index contributed by atoms with van der Waals surface area (Å²) in [7, 11) is 1.70. The van der Waals surface area contributed by atoms with Crippen LogP contribution in [0.3, 0.4) is 0 Å². The Kier molecular flexibility index (Phi) is 4.93. The number of rotatable bonds is 5. The highest BCUT2D eigenvalue weighted by atomic mass is 16.2. The average Bonchev–Trinajstić information content (AvgIpc) is 2.57. The Morgan fingerprint density at radius 2 is 2.21 bits per heavy atom. The molecule has 1 heterocycles. The van der Waals surface area contributed by atoms with Gasteiger partial charge in [0.1, 0.15) is 5.69 Å². The molecule has 0 aliphatic carbocycles. The second-order valence-electron chi connectivity index (χ2n) is 5.02. The van der Waals surface area contributed by atoms with Crippen LogP contribution in [0.25, 0.3) is 0 Å². The van der Waals surface area contributed by atoms with Gasteiger partial charge in [-0.15, -0.1) is 0 Å². The van der Waals surface area contributed by atoms with Gasteiger partial charge in [-0.3, -0.25) is 9.48 Å². The predicted molar refractivity (Wildman–Crippen MR) is 73.3 cm³/mol. The van der Waals surface area contributed by atoms with Crippen LogP contribution in [0.5, 0.6) is 0 Å². The lowest BCUT2D eigenvalue weighted by Gasteiger charge is -2.23. The van der Waals surface area contributed by atoms with Crippen molar-refractivity contribution in [2.75, 3.05) is 18.8 Å². The lowest BCUT2D eigenvalue weighted by molar-refractivity contribution is 0.0730. The highest BCUT2D eigenvalue weighted by Crippen LogP contribution is 2.18. The molecule has 2 N–H and O–H groups in total. The summed E-state index contributed by atoms with van der Waals surface area (Å²) in [5, 5.41) is 12.8. The minimum Gasteiger partial charge on any atom is -0.395 e. The van der Waals surface area contributed by atoms with Gasteiger partial charge in [-0.05, 0) is 12.8 Å². The average molecular weight is 263 g/mol. The molecule has 0 bridgehead atoms. The van der Waals surface area contributed by atoms with Crippen molar-refractivity contribution in [3.8, 4) is 6.07 Å². The van der Waals surface area contributed by atoms with E-state index in [1.54, 1.807) is 18.9 Å². The highest BCUT2D eigenvalue weighted by Gasteiger charge is 2.23. The van der Waals surface area contributed by atoms with Crippen LogP contribution < -0.4 is 5.73 Å². The molecule has 0 spiro atoms. The van der Waals surface area contributed by atoms with Gasteiger partial charge >= 0.3 is 0 Å². The number of carbonyl (C=O) groups excluding carboxylic acids is 1. The minimum atomic E-state index is -0.162. The molecule has 104 valence electrons. The first-order chi connectivity index (χ1) is 8.88. The molecule has 0 aliphatic heterocycles. The van der Waals surface area contributed by atoms with Gasteiger partial charge in [-0.25, -0.2) is 0 Å². The third kappa shape index (κ3) is 3.47. The molecule has 1 amide bonds. The number of nitrogens with zero attached hydrogens (tertiary/aromatic N) is 4. The first-order valence-electron chi connectivity index (χ1n) is 6.33. The van der Waals surface area contributed by atoms with Crippen LogP contribution >= 0.6 is 0 Å². The fourth-order valence-corrected chi connectivity index (χ4v) is 1.98. The molecule has 0 aromatic carbocycles. The van der Waals surface area contributed by atoms with Crippen molar-refractivity contribution < 1.29 is 4.79 Å². The number of carbonyl (C=O) groups is 1. The molecule has 19 heavy (non-hydrogen) atoms. The molecule has 1 aromatic rings. The minimum absolute atomic E-state index is 0.162. The number of nitrogens with two attached hydrogens (primary N) is 1. The fourth-order valence-electron chi connectivity index (χ4n) is 1.98. The molecular weight excluding hydrogens is 242 g/mol. The number of nitrogen functional groups attached to an aromatic ring is 1. The molecule has 1 aromatic heterocycles. The maximum atomic E-state index is 12.5. The first-order valence-corrected chi connectivity index (χ1v) is 6.33. The lowest BCUT2D eigenvalue weighted by Crippen LogP contribution is -2.36. The number of aromatic nitrogens is 2. The molecule has 6 nitrogen and oxygen atoms in total. The lowest BCUT2D eigenvalue weighted by atomic mass is 10.2. The Bertz CT molecular complexity index is 498. The van der Waals surface area contributed by atoms with E-state index in [9.17, 15) is 4.79 Å². The number of amides is 1. The monoisotopic (exact) mass is 263 g/mol. The summed E-state index contributed by atoms with van der Waals surface area (Å²) in [6, 6.07) is 2.06. The highest BCUT2D eigenvalue weighted by molar-refractivity contribution is 5.98. The van der Waals surface area contributed by atoms with Crippen LogP contribution in [0.1, 0.15) is 36.5 Å². The molecule has 0 fully saturated rings. The molecule has 0 unspecified atom stereocenters. The Hall–Kier alpha value is -2.03. The van der Waals surface area contributed by atoms with Crippen LogP contribution in [-0.4, -0.2) is 33.7 Å². The van der Waals surface area contributed by atoms with Crippen molar-refractivity contribution in [1.82, 2.24) is 14.7 Å². The first kappa shape index (κ1) is 15.0. The standard InChI is InChI=1S/C13H21N5O/c1-9(2)8-18(7-5-6-14)13(19)12-11(15)10(3)16-17(12)4/h9H,5,7-8,15H2,1-4H3. The van der Waals surface area contributed by atoms with E-state index in [0.717, 1.165) is 0 Å². The molecule has 0 saturated carbocycles. The zero-order valence-electron chi connectivity index (χ0n) is 12.0.